The first-order chi connectivity index (χ1) is 10.0. The molecule has 21 heavy (non-hydrogen) atoms. The minimum absolute atomic E-state index is 0.173. The number of rotatable bonds is 13. The molecule has 0 bridgehead atoms. The molecule has 126 valence electrons. The number of hydrogen-bond donors (Lipinski definition) is 1. The molecule has 0 aliphatic heterocycles. The average Bonchev–Trinajstić information content (AvgIpc) is 2.45. The fourth-order valence-electron chi connectivity index (χ4n) is 2.26. The molecule has 2 atom stereocenters. The van der Waals surface area contributed by atoms with Crippen molar-refractivity contribution >= 4 is 5.97 Å². The fraction of sp³-hybridized carbons (Fsp3) is 0.941. The Morgan fingerprint density at radius 1 is 1.14 bits per heavy atom. The van der Waals surface area contributed by atoms with Crippen LogP contribution in [0.2, 0.25) is 0 Å². The highest BCUT2D eigenvalue weighted by Crippen LogP contribution is 2.13. The second-order valence-corrected chi connectivity index (χ2v) is 5.91. The Morgan fingerprint density at radius 3 is 2.38 bits per heavy atom. The first-order valence-electron chi connectivity index (χ1n) is 8.55. The lowest BCUT2D eigenvalue weighted by Crippen LogP contribution is -2.42. The summed E-state index contributed by atoms with van der Waals surface area (Å²) in [6.45, 7) is 12.2. The van der Waals surface area contributed by atoms with Crippen molar-refractivity contribution in [3.8, 4) is 0 Å². The molecule has 0 rings (SSSR count). The smallest absolute Gasteiger partial charge is 0.323 e. The molecule has 2 unspecified atom stereocenters. The van der Waals surface area contributed by atoms with E-state index in [1.807, 2.05) is 20.8 Å². The number of carbonyl (C=O) groups is 1. The second-order valence-electron chi connectivity index (χ2n) is 5.91. The van der Waals surface area contributed by atoms with Crippen molar-refractivity contribution in [1.29, 1.82) is 0 Å². The van der Waals surface area contributed by atoms with Gasteiger partial charge >= 0.3 is 5.97 Å². The largest absolute Gasteiger partial charge is 0.465 e. The maximum Gasteiger partial charge on any atom is 0.323 e. The maximum absolute atomic E-state index is 11.9. The Kier molecular flexibility index (Phi) is 12.7. The normalized spacial score (nSPS) is 14.2. The van der Waals surface area contributed by atoms with Gasteiger partial charge in [0.2, 0.25) is 0 Å². The van der Waals surface area contributed by atoms with Gasteiger partial charge in [-0.3, -0.25) is 4.79 Å². The molecule has 4 heteroatoms. The number of esters is 1. The molecule has 0 radical (unpaired) electrons. The Balaban J connectivity index is 4.03. The summed E-state index contributed by atoms with van der Waals surface area (Å²) in [5, 5.41) is 3.25. The predicted octanol–water partition coefficient (Wildman–Crippen LogP) is 3.54. The van der Waals surface area contributed by atoms with Gasteiger partial charge in [-0.05, 0) is 25.7 Å². The zero-order chi connectivity index (χ0) is 16.1. The summed E-state index contributed by atoms with van der Waals surface area (Å²) in [6, 6.07) is -0.00646. The Hall–Kier alpha value is -0.610. The predicted molar refractivity (Wildman–Crippen MR) is 87.4 cm³/mol. The minimum Gasteiger partial charge on any atom is -0.465 e. The van der Waals surface area contributed by atoms with E-state index >= 15 is 0 Å². The van der Waals surface area contributed by atoms with Crippen LogP contribution in [0.3, 0.4) is 0 Å². The van der Waals surface area contributed by atoms with E-state index in [0.717, 1.165) is 13.0 Å². The number of ether oxygens (including phenoxy) is 2. The molecule has 0 aromatic heterocycles. The van der Waals surface area contributed by atoms with E-state index in [2.05, 4.69) is 19.2 Å². The molecule has 0 spiro atoms. The van der Waals surface area contributed by atoms with Gasteiger partial charge in [0.1, 0.15) is 6.04 Å². The number of unbranched alkanes of at least 4 members (excludes halogenated alkanes) is 1. The van der Waals surface area contributed by atoms with E-state index in [-0.39, 0.29) is 18.1 Å². The van der Waals surface area contributed by atoms with Crippen molar-refractivity contribution in [3.63, 3.8) is 0 Å². The summed E-state index contributed by atoms with van der Waals surface area (Å²) in [7, 11) is 0. The van der Waals surface area contributed by atoms with Gasteiger partial charge in [-0.1, -0.05) is 47.0 Å². The minimum atomic E-state index is -0.263. The maximum atomic E-state index is 11.9. The van der Waals surface area contributed by atoms with E-state index in [0.29, 0.717) is 25.6 Å². The van der Waals surface area contributed by atoms with Crippen molar-refractivity contribution < 1.29 is 14.3 Å². The summed E-state index contributed by atoms with van der Waals surface area (Å²) in [4.78, 5) is 11.9. The van der Waals surface area contributed by atoms with Crippen molar-refractivity contribution in [3.05, 3.63) is 0 Å². The van der Waals surface area contributed by atoms with Crippen LogP contribution in [0.4, 0.5) is 0 Å². The average molecular weight is 301 g/mol. The molecular formula is C17H35NO3. The Morgan fingerprint density at radius 2 is 1.86 bits per heavy atom. The molecule has 0 aliphatic rings. The van der Waals surface area contributed by atoms with Crippen molar-refractivity contribution in [2.24, 2.45) is 5.92 Å². The van der Waals surface area contributed by atoms with Crippen LogP contribution in [-0.2, 0) is 14.3 Å². The lowest BCUT2D eigenvalue weighted by molar-refractivity contribution is -0.146. The lowest BCUT2D eigenvalue weighted by Gasteiger charge is -2.20. The third-order valence-corrected chi connectivity index (χ3v) is 3.55. The van der Waals surface area contributed by atoms with Gasteiger partial charge in [0.05, 0.1) is 6.61 Å². The third-order valence-electron chi connectivity index (χ3n) is 3.55. The highest BCUT2D eigenvalue weighted by molar-refractivity contribution is 5.75. The van der Waals surface area contributed by atoms with E-state index in [1.54, 1.807) is 0 Å². The molecule has 0 aromatic carbocycles. The number of carbonyl (C=O) groups excluding carboxylic acids is 1. The summed E-state index contributed by atoms with van der Waals surface area (Å²) < 4.78 is 10.9. The molecular weight excluding hydrogens is 266 g/mol. The Bertz CT molecular complexity index is 256. The summed E-state index contributed by atoms with van der Waals surface area (Å²) in [6.07, 6.45) is 5.56. The van der Waals surface area contributed by atoms with Gasteiger partial charge < -0.3 is 14.8 Å². The molecule has 0 heterocycles. The van der Waals surface area contributed by atoms with Crippen LogP contribution in [0.15, 0.2) is 0 Å². The molecule has 0 fully saturated rings. The van der Waals surface area contributed by atoms with E-state index in [4.69, 9.17) is 9.47 Å². The van der Waals surface area contributed by atoms with Gasteiger partial charge in [0, 0.05) is 19.3 Å². The van der Waals surface area contributed by atoms with Crippen LogP contribution in [0.5, 0.6) is 0 Å². The summed E-state index contributed by atoms with van der Waals surface area (Å²) >= 11 is 0. The zero-order valence-electron chi connectivity index (χ0n) is 14.6. The number of nitrogens with one attached hydrogen (secondary N) is 1. The summed E-state index contributed by atoms with van der Waals surface area (Å²) in [5.74, 6) is 0.469. The van der Waals surface area contributed by atoms with E-state index in [1.165, 1.54) is 19.3 Å². The highest BCUT2D eigenvalue weighted by atomic mass is 16.5. The van der Waals surface area contributed by atoms with Gasteiger partial charge in [-0.25, -0.2) is 0 Å². The van der Waals surface area contributed by atoms with Crippen molar-refractivity contribution in [1.82, 2.24) is 5.32 Å². The van der Waals surface area contributed by atoms with E-state index < -0.39 is 0 Å². The first kappa shape index (κ1) is 20.4. The molecule has 0 saturated carbocycles. The molecule has 0 amide bonds. The van der Waals surface area contributed by atoms with E-state index in [9.17, 15) is 4.79 Å². The number of hydrogen-bond acceptors (Lipinski definition) is 4. The zero-order valence-corrected chi connectivity index (χ0v) is 14.6. The van der Waals surface area contributed by atoms with Crippen LogP contribution >= 0.6 is 0 Å². The molecule has 4 nitrogen and oxygen atoms in total. The topological polar surface area (TPSA) is 47.6 Å². The van der Waals surface area contributed by atoms with Gasteiger partial charge in [0.25, 0.3) is 0 Å². The summed E-state index contributed by atoms with van der Waals surface area (Å²) in [5.41, 5.74) is 0. The van der Waals surface area contributed by atoms with Crippen LogP contribution in [0.1, 0.15) is 66.7 Å². The standard InChI is InChI=1S/C17H35NO3/c1-6-9-10-15(7-2)13-20-12-11-16(18-14(4)5)17(19)21-8-3/h14-16,18H,6-13H2,1-5H3. The van der Waals surface area contributed by atoms with Gasteiger partial charge in [-0.2, -0.15) is 0 Å². The Labute approximate surface area is 131 Å². The molecule has 1 N–H and O–H groups in total. The monoisotopic (exact) mass is 301 g/mol. The highest BCUT2D eigenvalue weighted by Gasteiger charge is 2.20. The second kappa shape index (κ2) is 13.1. The fourth-order valence-corrected chi connectivity index (χ4v) is 2.26. The van der Waals surface area contributed by atoms with Crippen molar-refractivity contribution in [2.75, 3.05) is 19.8 Å². The first-order valence-corrected chi connectivity index (χ1v) is 8.55. The molecule has 0 aromatic rings. The van der Waals surface area contributed by atoms with Gasteiger partial charge in [0.15, 0.2) is 0 Å². The quantitative estimate of drug-likeness (QED) is 0.417. The van der Waals surface area contributed by atoms with Crippen LogP contribution in [-0.4, -0.2) is 37.9 Å². The van der Waals surface area contributed by atoms with Crippen LogP contribution < -0.4 is 5.32 Å². The molecule has 0 saturated heterocycles. The van der Waals surface area contributed by atoms with Crippen molar-refractivity contribution in [2.45, 2.75) is 78.8 Å². The van der Waals surface area contributed by atoms with Crippen LogP contribution in [0, 0.1) is 5.92 Å². The van der Waals surface area contributed by atoms with Crippen LogP contribution in [0.25, 0.3) is 0 Å². The lowest BCUT2D eigenvalue weighted by atomic mass is 10.0. The third kappa shape index (κ3) is 10.7. The molecule has 0 aliphatic carbocycles. The SMILES string of the molecule is CCCCC(CC)COCCC(NC(C)C)C(=O)OCC. The van der Waals surface area contributed by atoms with Gasteiger partial charge in [-0.15, -0.1) is 0 Å².